The van der Waals surface area contributed by atoms with Crippen molar-refractivity contribution >= 4 is 11.5 Å². The topological polar surface area (TPSA) is 79.1 Å². The van der Waals surface area contributed by atoms with Gasteiger partial charge in [-0.1, -0.05) is 66.7 Å². The summed E-state index contributed by atoms with van der Waals surface area (Å²) < 4.78 is 0. The summed E-state index contributed by atoms with van der Waals surface area (Å²) in [6.07, 6.45) is 7.56. The van der Waals surface area contributed by atoms with Gasteiger partial charge in [0, 0.05) is 18.4 Å². The predicted molar refractivity (Wildman–Crippen MR) is 111 cm³/mol. The lowest BCUT2D eigenvalue weighted by Crippen LogP contribution is -2.32. The molecule has 1 heterocycles. The molecule has 0 unspecified atom stereocenters. The van der Waals surface area contributed by atoms with E-state index in [0.29, 0.717) is 12.5 Å². The Labute approximate surface area is 160 Å². The van der Waals surface area contributed by atoms with Gasteiger partial charge in [-0.05, 0) is 29.5 Å². The summed E-state index contributed by atoms with van der Waals surface area (Å²) in [6.45, 7) is 1.31. The second-order valence-corrected chi connectivity index (χ2v) is 6.18. The first-order valence-electron chi connectivity index (χ1n) is 9.15. The van der Waals surface area contributed by atoms with Gasteiger partial charge in [-0.2, -0.15) is 0 Å². The van der Waals surface area contributed by atoms with Gasteiger partial charge in [-0.3, -0.25) is 0 Å². The van der Waals surface area contributed by atoms with Gasteiger partial charge in [0.05, 0.1) is 12.9 Å². The van der Waals surface area contributed by atoms with E-state index in [4.69, 9.17) is 5.73 Å². The average molecular weight is 359 g/mol. The highest BCUT2D eigenvalue weighted by Gasteiger charge is 2.03. The number of nitrogens with one attached hydrogen (secondary N) is 2. The summed E-state index contributed by atoms with van der Waals surface area (Å²) in [4.78, 5) is 11.5. The minimum absolute atomic E-state index is 0.469. The normalized spacial score (nSPS) is 11.2. The van der Waals surface area contributed by atoms with Gasteiger partial charge in [0.2, 0.25) is 0 Å². The molecule has 0 fully saturated rings. The molecule has 5 heteroatoms. The maximum absolute atomic E-state index is 5.99. The molecule has 0 aliphatic heterocycles. The van der Waals surface area contributed by atoms with Crippen LogP contribution in [0.3, 0.4) is 0 Å². The zero-order chi connectivity index (χ0) is 18.7. The molecule has 0 atom stereocenters. The number of aryl methyl sites for hydroxylation is 1. The van der Waals surface area contributed by atoms with Crippen molar-refractivity contribution in [2.45, 2.75) is 12.8 Å². The van der Waals surface area contributed by atoms with Gasteiger partial charge < -0.3 is 16.0 Å². The fraction of sp³-hybridized carbons (Fsp3) is 0.182. The maximum atomic E-state index is 5.99. The van der Waals surface area contributed by atoms with Gasteiger partial charge in [-0.25, -0.2) is 9.98 Å². The molecule has 0 bridgehead atoms. The van der Waals surface area contributed by atoms with Crippen molar-refractivity contribution in [1.29, 1.82) is 0 Å². The van der Waals surface area contributed by atoms with Crippen molar-refractivity contribution in [2.75, 3.05) is 13.1 Å². The number of nitrogens with two attached hydrogens (primary N) is 1. The Hall–Kier alpha value is -3.34. The van der Waals surface area contributed by atoms with Crippen LogP contribution in [0.4, 0.5) is 0 Å². The lowest BCUT2D eigenvalue weighted by atomic mass is 9.98. The Morgan fingerprint density at radius 3 is 2.30 bits per heavy atom. The first-order chi connectivity index (χ1) is 13.3. The van der Waals surface area contributed by atoms with Crippen LogP contribution in [0, 0.1) is 0 Å². The summed E-state index contributed by atoms with van der Waals surface area (Å²) in [5.41, 5.74) is 10.6. The number of H-pyrrole nitrogens is 1. The highest BCUT2D eigenvalue weighted by atomic mass is 15.1. The first kappa shape index (κ1) is 18.5. The summed E-state index contributed by atoms with van der Waals surface area (Å²) >= 11 is 0. The second kappa shape index (κ2) is 9.97. The Bertz CT molecular complexity index is 811. The molecule has 3 rings (SSSR count). The number of aromatic amines is 1. The van der Waals surface area contributed by atoms with E-state index in [1.807, 2.05) is 42.6 Å². The number of imidazole rings is 1. The molecule has 0 saturated carbocycles. The van der Waals surface area contributed by atoms with Crippen LogP contribution >= 0.6 is 0 Å². The van der Waals surface area contributed by atoms with E-state index in [0.717, 1.165) is 30.7 Å². The van der Waals surface area contributed by atoms with E-state index in [1.165, 1.54) is 11.1 Å². The molecule has 27 heavy (non-hydrogen) atoms. The number of benzene rings is 2. The number of hydrogen-bond acceptors (Lipinski definition) is 2. The third-order valence-corrected chi connectivity index (χ3v) is 4.21. The summed E-state index contributed by atoms with van der Waals surface area (Å²) in [5, 5.41) is 3.16. The monoisotopic (exact) mass is 359 g/mol. The fourth-order valence-corrected chi connectivity index (χ4v) is 2.85. The van der Waals surface area contributed by atoms with E-state index in [-0.39, 0.29) is 0 Å². The maximum Gasteiger partial charge on any atom is 0.188 e. The molecule has 0 amide bonds. The third kappa shape index (κ3) is 5.85. The van der Waals surface area contributed by atoms with Crippen LogP contribution in [-0.2, 0) is 6.42 Å². The van der Waals surface area contributed by atoms with E-state index >= 15 is 0 Å². The molecule has 5 nitrogen and oxygen atoms in total. The number of rotatable bonds is 8. The Morgan fingerprint density at radius 2 is 1.70 bits per heavy atom. The molecule has 2 aromatic carbocycles. The van der Waals surface area contributed by atoms with Crippen LogP contribution < -0.4 is 11.1 Å². The minimum Gasteiger partial charge on any atom is -0.370 e. The molecule has 3 aromatic rings. The predicted octanol–water partition coefficient (Wildman–Crippen LogP) is 3.38. The van der Waals surface area contributed by atoms with Crippen molar-refractivity contribution in [3.63, 3.8) is 0 Å². The van der Waals surface area contributed by atoms with E-state index in [1.54, 1.807) is 6.33 Å². The Balaban J connectivity index is 1.58. The van der Waals surface area contributed by atoms with Crippen LogP contribution in [0.25, 0.3) is 5.57 Å². The van der Waals surface area contributed by atoms with Crippen molar-refractivity contribution in [3.05, 3.63) is 96.1 Å². The molecule has 0 aliphatic carbocycles. The van der Waals surface area contributed by atoms with Crippen LogP contribution in [0.15, 0.2) is 84.3 Å². The number of aromatic nitrogens is 2. The molecular weight excluding hydrogens is 334 g/mol. The SMILES string of the molecule is NC(=NCC=C(c1ccccc1)c1ccccc1)NCCCc1cnc[nH]1. The largest absolute Gasteiger partial charge is 0.370 e. The molecule has 4 N–H and O–H groups in total. The van der Waals surface area contributed by atoms with E-state index < -0.39 is 0 Å². The van der Waals surface area contributed by atoms with Gasteiger partial charge in [0.1, 0.15) is 0 Å². The Morgan fingerprint density at radius 1 is 1.04 bits per heavy atom. The smallest absolute Gasteiger partial charge is 0.188 e. The molecule has 138 valence electrons. The molecule has 0 aliphatic rings. The van der Waals surface area contributed by atoms with Crippen LogP contribution in [0.5, 0.6) is 0 Å². The molecule has 0 saturated heterocycles. The highest BCUT2D eigenvalue weighted by molar-refractivity contribution is 5.81. The van der Waals surface area contributed by atoms with Crippen LogP contribution in [0.2, 0.25) is 0 Å². The summed E-state index contributed by atoms with van der Waals surface area (Å²) in [5.74, 6) is 0.469. The molecule has 0 radical (unpaired) electrons. The number of guanidine groups is 1. The van der Waals surface area contributed by atoms with Crippen molar-refractivity contribution in [3.8, 4) is 0 Å². The van der Waals surface area contributed by atoms with Crippen LogP contribution in [-0.4, -0.2) is 29.0 Å². The lowest BCUT2D eigenvalue weighted by molar-refractivity contribution is 0.757. The van der Waals surface area contributed by atoms with Gasteiger partial charge in [0.15, 0.2) is 5.96 Å². The number of nitrogens with zero attached hydrogens (tertiary/aromatic N) is 2. The summed E-state index contributed by atoms with van der Waals surface area (Å²) in [7, 11) is 0. The van der Waals surface area contributed by atoms with Crippen molar-refractivity contribution < 1.29 is 0 Å². The highest BCUT2D eigenvalue weighted by Crippen LogP contribution is 2.22. The standard InChI is InChI=1S/C22H25N5/c23-22(25-14-7-12-20-16-24-17-27-20)26-15-13-21(18-8-3-1-4-9-18)19-10-5-2-6-11-19/h1-6,8-11,13,16-17H,7,12,14-15H2,(H,24,27)(H3,23,25,26). The number of aliphatic imine (C=N–C) groups is 1. The van der Waals surface area contributed by atoms with E-state index in [9.17, 15) is 0 Å². The molecule has 0 spiro atoms. The Kier molecular flexibility index (Phi) is 6.81. The third-order valence-electron chi connectivity index (χ3n) is 4.21. The molecular formula is C22H25N5. The fourth-order valence-electron chi connectivity index (χ4n) is 2.85. The van der Waals surface area contributed by atoms with Crippen molar-refractivity contribution in [1.82, 2.24) is 15.3 Å². The number of hydrogen-bond donors (Lipinski definition) is 3. The minimum atomic E-state index is 0.469. The quantitative estimate of drug-likeness (QED) is 0.328. The molecule has 1 aromatic heterocycles. The lowest BCUT2D eigenvalue weighted by Gasteiger charge is -2.08. The van der Waals surface area contributed by atoms with Gasteiger partial charge >= 0.3 is 0 Å². The van der Waals surface area contributed by atoms with Gasteiger partial charge in [-0.15, -0.1) is 0 Å². The first-order valence-corrected chi connectivity index (χ1v) is 9.15. The zero-order valence-electron chi connectivity index (χ0n) is 15.3. The van der Waals surface area contributed by atoms with E-state index in [2.05, 4.69) is 50.6 Å². The van der Waals surface area contributed by atoms with Crippen LogP contribution in [0.1, 0.15) is 23.2 Å². The average Bonchev–Trinajstić information content (AvgIpc) is 3.23. The zero-order valence-corrected chi connectivity index (χ0v) is 15.3. The summed E-state index contributed by atoms with van der Waals surface area (Å²) in [6, 6.07) is 20.7. The van der Waals surface area contributed by atoms with Crippen molar-refractivity contribution in [2.24, 2.45) is 10.7 Å². The van der Waals surface area contributed by atoms with Gasteiger partial charge in [0.25, 0.3) is 0 Å². The second-order valence-electron chi connectivity index (χ2n) is 6.18.